The molecule has 1 aromatic rings. The highest BCUT2D eigenvalue weighted by atomic mass is 32.2. The summed E-state index contributed by atoms with van der Waals surface area (Å²) in [5.74, 6) is -3.98. The molecule has 0 aliphatic heterocycles. The van der Waals surface area contributed by atoms with Crippen LogP contribution in [0.1, 0.15) is 50.6 Å². The van der Waals surface area contributed by atoms with Crippen molar-refractivity contribution >= 4 is 28.6 Å². The van der Waals surface area contributed by atoms with Crippen LogP contribution in [0.25, 0.3) is 0 Å². The number of halogens is 3. The second kappa shape index (κ2) is 8.59. The van der Waals surface area contributed by atoms with Crippen molar-refractivity contribution in [2.45, 2.75) is 63.6 Å². The minimum atomic E-state index is -2.35. The molecule has 0 saturated heterocycles. The van der Waals surface area contributed by atoms with Crippen molar-refractivity contribution in [1.29, 1.82) is 0 Å². The quantitative estimate of drug-likeness (QED) is 0.544. The Morgan fingerprint density at radius 2 is 2.00 bits per heavy atom. The zero-order valence-corrected chi connectivity index (χ0v) is 21.5. The van der Waals surface area contributed by atoms with Gasteiger partial charge in [0, 0.05) is 22.7 Å². The lowest BCUT2D eigenvalue weighted by Crippen LogP contribution is -2.70. The van der Waals surface area contributed by atoms with Crippen molar-refractivity contribution in [2.75, 3.05) is 6.01 Å². The molecule has 9 atom stereocenters. The van der Waals surface area contributed by atoms with E-state index in [0.717, 1.165) is 6.08 Å². The molecule has 0 aromatic carbocycles. The number of ether oxygens (including phenoxy) is 1. The van der Waals surface area contributed by atoms with Crippen LogP contribution in [0.2, 0.25) is 0 Å². The predicted octanol–water partition coefficient (Wildman–Crippen LogP) is 4.93. The van der Waals surface area contributed by atoms with E-state index in [4.69, 9.17) is 9.15 Å². The maximum absolute atomic E-state index is 17.4. The molecule has 0 radical (unpaired) electrons. The number of aliphatic hydroxyl groups is 1. The Morgan fingerprint density at radius 3 is 2.65 bits per heavy atom. The zero-order chi connectivity index (χ0) is 27.0. The third-order valence-corrected chi connectivity index (χ3v) is 10.3. The SMILES string of the molecule is CC1C[C@H]2[C@@H]3CC(F)C4=CC(=O)C=C[C@]4(C)[C@@]3(F)C(O)C[C@]2(C)[C@@]1(OC(=O)c1ccco1)C(=O)SCF. The van der Waals surface area contributed by atoms with Gasteiger partial charge in [-0.15, -0.1) is 0 Å². The van der Waals surface area contributed by atoms with Crippen LogP contribution in [0.4, 0.5) is 13.2 Å². The number of carbonyl (C=O) groups excluding carboxylic acids is 3. The summed E-state index contributed by atoms with van der Waals surface area (Å²) in [6.07, 6.45) is 1.16. The van der Waals surface area contributed by atoms with Gasteiger partial charge >= 0.3 is 5.97 Å². The molecule has 1 N–H and O–H groups in total. The molecule has 5 rings (SSSR count). The number of ketones is 1. The fourth-order valence-corrected chi connectivity index (χ4v) is 8.76. The molecule has 3 fully saturated rings. The summed E-state index contributed by atoms with van der Waals surface area (Å²) in [6, 6.07) is 1.78. The van der Waals surface area contributed by atoms with Gasteiger partial charge in [0.15, 0.2) is 17.1 Å². The number of hydrogen-bond acceptors (Lipinski definition) is 7. The maximum Gasteiger partial charge on any atom is 0.375 e. The molecule has 0 spiro atoms. The lowest BCUT2D eigenvalue weighted by Gasteiger charge is -2.63. The minimum absolute atomic E-state index is 0.00739. The topological polar surface area (TPSA) is 93.8 Å². The third kappa shape index (κ3) is 3.27. The third-order valence-electron chi connectivity index (χ3n) is 9.63. The Morgan fingerprint density at radius 1 is 1.27 bits per heavy atom. The second-order valence-electron chi connectivity index (χ2n) is 11.1. The average molecular weight is 539 g/mol. The zero-order valence-electron chi connectivity index (χ0n) is 20.7. The van der Waals surface area contributed by atoms with Crippen LogP contribution >= 0.6 is 11.8 Å². The molecule has 0 amide bonds. The van der Waals surface area contributed by atoms with E-state index in [1.807, 2.05) is 0 Å². The first-order valence-corrected chi connectivity index (χ1v) is 13.3. The predicted molar refractivity (Wildman–Crippen MR) is 129 cm³/mol. The van der Waals surface area contributed by atoms with E-state index in [9.17, 15) is 23.9 Å². The van der Waals surface area contributed by atoms with E-state index in [0.29, 0.717) is 11.8 Å². The summed E-state index contributed by atoms with van der Waals surface area (Å²) in [4.78, 5) is 38.7. The van der Waals surface area contributed by atoms with Gasteiger partial charge in [-0.3, -0.25) is 9.59 Å². The standard InChI is InChI=1S/C27H29F3O6S/c1-14-9-16-17-11-19(29)18-10-15(31)6-7-24(18,2)26(17,30)21(32)12-25(16,3)27(14,23(34)37-13-28)36-22(33)20-5-4-8-35-20/h4-8,10,14,16-17,19,21,32H,9,11-13H2,1-3H3/t14?,16-,17-,19?,21?,24-,25-,26-,27-/m0/s1. The van der Waals surface area contributed by atoms with Crippen LogP contribution in [0.3, 0.4) is 0 Å². The van der Waals surface area contributed by atoms with E-state index in [1.165, 1.54) is 37.5 Å². The molecule has 3 unspecified atom stereocenters. The number of esters is 1. The highest BCUT2D eigenvalue weighted by molar-refractivity contribution is 8.13. The summed E-state index contributed by atoms with van der Waals surface area (Å²) in [7, 11) is 0. The van der Waals surface area contributed by atoms with Crippen LogP contribution in [0.5, 0.6) is 0 Å². The molecule has 4 aliphatic rings. The molecule has 37 heavy (non-hydrogen) atoms. The van der Waals surface area contributed by atoms with Crippen molar-refractivity contribution in [3.8, 4) is 0 Å². The van der Waals surface area contributed by atoms with Crippen LogP contribution in [-0.4, -0.2) is 51.5 Å². The van der Waals surface area contributed by atoms with Crippen molar-refractivity contribution in [3.05, 3.63) is 48.0 Å². The van der Waals surface area contributed by atoms with Gasteiger partial charge in [0.05, 0.1) is 12.4 Å². The van der Waals surface area contributed by atoms with Gasteiger partial charge < -0.3 is 14.3 Å². The van der Waals surface area contributed by atoms with E-state index in [-0.39, 0.29) is 30.6 Å². The number of alkyl halides is 3. The summed E-state index contributed by atoms with van der Waals surface area (Å²) >= 11 is 0.352. The summed E-state index contributed by atoms with van der Waals surface area (Å²) in [6.45, 7) is 4.79. The van der Waals surface area contributed by atoms with Gasteiger partial charge in [-0.25, -0.2) is 18.0 Å². The summed E-state index contributed by atoms with van der Waals surface area (Å²) in [5.41, 5.74) is -7.19. The van der Waals surface area contributed by atoms with E-state index >= 15 is 8.78 Å². The fourth-order valence-electron chi connectivity index (χ4n) is 7.97. The molecular weight excluding hydrogens is 509 g/mol. The summed E-state index contributed by atoms with van der Waals surface area (Å²) in [5, 5.41) is 10.7. The normalized spacial score (nSPS) is 44.5. The Labute approximate surface area is 216 Å². The summed E-state index contributed by atoms with van der Waals surface area (Å²) < 4.78 is 57.5. The second-order valence-corrected chi connectivity index (χ2v) is 12.0. The Balaban J connectivity index is 1.64. The van der Waals surface area contributed by atoms with E-state index in [2.05, 4.69) is 0 Å². The van der Waals surface area contributed by atoms with Crippen molar-refractivity contribution in [2.24, 2.45) is 28.6 Å². The van der Waals surface area contributed by atoms with Crippen molar-refractivity contribution in [3.63, 3.8) is 0 Å². The van der Waals surface area contributed by atoms with Gasteiger partial charge in [0.1, 0.15) is 12.2 Å². The monoisotopic (exact) mass is 538 g/mol. The van der Waals surface area contributed by atoms with Gasteiger partial charge in [-0.2, -0.15) is 0 Å². The average Bonchev–Trinajstić information content (AvgIpc) is 3.45. The highest BCUT2D eigenvalue weighted by Crippen LogP contribution is 2.72. The molecule has 4 aliphatic carbocycles. The number of aliphatic hydroxyl groups excluding tert-OH is 1. The highest BCUT2D eigenvalue weighted by Gasteiger charge is 2.78. The van der Waals surface area contributed by atoms with Crippen LogP contribution in [0.15, 0.2) is 46.6 Å². The smallest absolute Gasteiger partial charge is 0.375 e. The molecule has 0 bridgehead atoms. The number of rotatable bonds is 4. The molecule has 1 heterocycles. The first-order valence-electron chi connectivity index (χ1n) is 12.3. The number of hydrogen-bond donors (Lipinski definition) is 1. The van der Waals surface area contributed by atoms with E-state index < -0.39 is 75.0 Å². The minimum Gasteiger partial charge on any atom is -0.457 e. The largest absolute Gasteiger partial charge is 0.457 e. The van der Waals surface area contributed by atoms with Gasteiger partial charge in [-0.05, 0) is 73.7 Å². The molecule has 200 valence electrons. The van der Waals surface area contributed by atoms with Crippen LogP contribution < -0.4 is 0 Å². The van der Waals surface area contributed by atoms with Gasteiger partial charge in [0.25, 0.3) is 0 Å². The first kappa shape index (κ1) is 26.3. The fraction of sp³-hybridized carbons (Fsp3) is 0.593. The Kier molecular flexibility index (Phi) is 6.10. The first-order chi connectivity index (χ1) is 17.4. The lowest BCUT2D eigenvalue weighted by atomic mass is 9.44. The molecule has 3 saturated carbocycles. The number of carbonyl (C=O) groups is 3. The number of fused-ring (bicyclic) bond motifs is 5. The molecular formula is C27H29F3O6S. The van der Waals surface area contributed by atoms with Gasteiger partial charge in [0.2, 0.25) is 10.9 Å². The van der Waals surface area contributed by atoms with Gasteiger partial charge in [-0.1, -0.05) is 19.9 Å². The van der Waals surface area contributed by atoms with Crippen LogP contribution in [0, 0.1) is 28.6 Å². The molecule has 6 nitrogen and oxygen atoms in total. The number of allylic oxidation sites excluding steroid dienone is 4. The number of thioether (sulfide) groups is 1. The Hall–Kier alpha value is -2.33. The Bertz CT molecular complexity index is 1200. The lowest BCUT2D eigenvalue weighted by molar-refractivity contribution is -0.221. The van der Waals surface area contributed by atoms with Crippen molar-refractivity contribution in [1.82, 2.24) is 0 Å². The maximum atomic E-state index is 17.4. The van der Waals surface area contributed by atoms with Crippen molar-refractivity contribution < 1.29 is 41.8 Å². The van der Waals surface area contributed by atoms with E-state index in [1.54, 1.807) is 13.8 Å². The van der Waals surface area contributed by atoms with Crippen LogP contribution in [-0.2, 0) is 14.3 Å². The molecule has 1 aromatic heterocycles. The molecule has 10 heteroatoms. The number of furan rings is 1.